The van der Waals surface area contributed by atoms with Crippen molar-refractivity contribution in [1.82, 2.24) is 14.7 Å². The van der Waals surface area contributed by atoms with Crippen molar-refractivity contribution < 1.29 is 14.7 Å². The van der Waals surface area contributed by atoms with Gasteiger partial charge < -0.3 is 10.0 Å². The number of benzene rings is 1. The molecular formula is C21H25N3O3. The van der Waals surface area contributed by atoms with Gasteiger partial charge in [0.05, 0.1) is 11.1 Å². The van der Waals surface area contributed by atoms with Crippen LogP contribution in [0.1, 0.15) is 46.6 Å². The van der Waals surface area contributed by atoms with E-state index in [4.69, 9.17) is 0 Å². The smallest absolute Gasteiger partial charge is 0.311 e. The maximum absolute atomic E-state index is 13.0. The minimum atomic E-state index is -0.766. The van der Waals surface area contributed by atoms with E-state index >= 15 is 0 Å². The Hall–Kier alpha value is -2.63. The van der Waals surface area contributed by atoms with Crippen molar-refractivity contribution in [3.63, 3.8) is 0 Å². The number of nitrogens with zero attached hydrogens (tertiary/aromatic N) is 3. The molecule has 0 spiro atoms. The zero-order chi connectivity index (χ0) is 19.3. The normalized spacial score (nSPS) is 24.3. The van der Waals surface area contributed by atoms with E-state index in [1.807, 2.05) is 32.9 Å². The van der Waals surface area contributed by atoms with Crippen LogP contribution in [0.3, 0.4) is 0 Å². The lowest BCUT2D eigenvalue weighted by Crippen LogP contribution is -2.37. The molecule has 1 aliphatic heterocycles. The van der Waals surface area contributed by atoms with E-state index in [9.17, 15) is 14.7 Å². The Morgan fingerprint density at radius 3 is 2.48 bits per heavy atom. The van der Waals surface area contributed by atoms with Crippen LogP contribution < -0.4 is 0 Å². The third-order valence-corrected chi connectivity index (χ3v) is 6.14. The maximum atomic E-state index is 13.0. The number of fused-ring (bicyclic) bond motifs is 1. The van der Waals surface area contributed by atoms with Gasteiger partial charge in [-0.3, -0.25) is 9.59 Å². The van der Waals surface area contributed by atoms with Gasteiger partial charge in [0.15, 0.2) is 5.69 Å². The number of aromatic nitrogens is 2. The summed E-state index contributed by atoms with van der Waals surface area (Å²) in [5.74, 6) is -0.880. The van der Waals surface area contributed by atoms with E-state index in [1.165, 1.54) is 0 Å². The highest BCUT2D eigenvalue weighted by atomic mass is 16.4. The molecule has 1 amide bonds. The van der Waals surface area contributed by atoms with Gasteiger partial charge in [-0.1, -0.05) is 12.5 Å². The SMILES string of the molecule is Cc1cc(C)cc(-n2nc(C(=O)N3C[C@@H]4CCC[C@@]4(C(=O)O)C3)cc2C)c1. The van der Waals surface area contributed by atoms with Crippen molar-refractivity contribution in [2.75, 3.05) is 13.1 Å². The number of aliphatic carboxylic acids is 1. The lowest BCUT2D eigenvalue weighted by molar-refractivity contribution is -0.149. The Kier molecular flexibility index (Phi) is 4.09. The number of carbonyl (C=O) groups is 2. The van der Waals surface area contributed by atoms with Crippen LogP contribution in [0.15, 0.2) is 24.3 Å². The summed E-state index contributed by atoms with van der Waals surface area (Å²) >= 11 is 0. The van der Waals surface area contributed by atoms with Gasteiger partial charge in [0.25, 0.3) is 5.91 Å². The summed E-state index contributed by atoms with van der Waals surface area (Å²) in [5, 5.41) is 14.3. The van der Waals surface area contributed by atoms with Crippen LogP contribution in [0.2, 0.25) is 0 Å². The molecular weight excluding hydrogens is 342 g/mol. The fourth-order valence-electron chi connectivity index (χ4n) is 4.87. The average Bonchev–Trinajstić information content (AvgIpc) is 3.25. The Morgan fingerprint density at radius 2 is 1.85 bits per heavy atom. The topological polar surface area (TPSA) is 75.4 Å². The molecule has 0 bridgehead atoms. The predicted octanol–water partition coefficient (Wildman–Crippen LogP) is 3.12. The molecule has 0 unspecified atom stereocenters. The summed E-state index contributed by atoms with van der Waals surface area (Å²) in [6.45, 7) is 6.81. The quantitative estimate of drug-likeness (QED) is 0.904. The van der Waals surface area contributed by atoms with Gasteiger partial charge in [-0.05, 0) is 68.9 Å². The lowest BCUT2D eigenvalue weighted by atomic mass is 9.81. The second-order valence-electron chi connectivity index (χ2n) is 8.16. The number of amides is 1. The van der Waals surface area contributed by atoms with E-state index in [2.05, 4.69) is 11.2 Å². The molecule has 2 heterocycles. The Balaban J connectivity index is 1.62. The molecule has 0 radical (unpaired) electrons. The van der Waals surface area contributed by atoms with E-state index in [-0.39, 0.29) is 11.8 Å². The zero-order valence-corrected chi connectivity index (χ0v) is 16.0. The van der Waals surface area contributed by atoms with Gasteiger partial charge >= 0.3 is 5.97 Å². The number of carboxylic acids is 1. The number of hydrogen-bond acceptors (Lipinski definition) is 3. The Bertz CT molecular complexity index is 912. The molecule has 4 rings (SSSR count). The van der Waals surface area contributed by atoms with E-state index < -0.39 is 11.4 Å². The predicted molar refractivity (Wildman–Crippen MR) is 101 cm³/mol. The Morgan fingerprint density at radius 1 is 1.15 bits per heavy atom. The van der Waals surface area contributed by atoms with Crippen molar-refractivity contribution in [3.8, 4) is 5.69 Å². The average molecular weight is 367 g/mol. The third kappa shape index (κ3) is 2.83. The first-order valence-corrected chi connectivity index (χ1v) is 9.48. The van der Waals surface area contributed by atoms with Crippen LogP contribution >= 0.6 is 0 Å². The van der Waals surface area contributed by atoms with Crippen LogP contribution in [0.4, 0.5) is 0 Å². The lowest BCUT2D eigenvalue weighted by Gasteiger charge is -2.23. The summed E-state index contributed by atoms with van der Waals surface area (Å²) in [6, 6.07) is 7.98. The summed E-state index contributed by atoms with van der Waals surface area (Å²) in [5.41, 5.74) is 3.72. The van der Waals surface area contributed by atoms with Crippen molar-refractivity contribution in [2.24, 2.45) is 11.3 Å². The molecule has 1 N–H and O–H groups in total. The fourth-order valence-corrected chi connectivity index (χ4v) is 4.87. The van der Waals surface area contributed by atoms with Crippen LogP contribution in [0.25, 0.3) is 5.69 Å². The first-order valence-electron chi connectivity index (χ1n) is 9.48. The van der Waals surface area contributed by atoms with Crippen LogP contribution in [-0.4, -0.2) is 44.8 Å². The van der Waals surface area contributed by atoms with Crippen molar-refractivity contribution in [1.29, 1.82) is 0 Å². The Labute approximate surface area is 158 Å². The third-order valence-electron chi connectivity index (χ3n) is 6.14. The van der Waals surface area contributed by atoms with E-state index in [0.717, 1.165) is 35.3 Å². The summed E-state index contributed by atoms with van der Waals surface area (Å²) in [7, 11) is 0. The summed E-state index contributed by atoms with van der Waals surface area (Å²) in [6.07, 6.45) is 2.47. The minimum Gasteiger partial charge on any atom is -0.481 e. The molecule has 1 saturated heterocycles. The van der Waals surface area contributed by atoms with Gasteiger partial charge in [-0.15, -0.1) is 0 Å². The second-order valence-corrected chi connectivity index (χ2v) is 8.16. The van der Waals surface area contributed by atoms with E-state index in [0.29, 0.717) is 25.2 Å². The molecule has 1 aromatic heterocycles. The van der Waals surface area contributed by atoms with Gasteiger partial charge in [-0.2, -0.15) is 5.10 Å². The van der Waals surface area contributed by atoms with Crippen LogP contribution in [0, 0.1) is 32.1 Å². The van der Waals surface area contributed by atoms with Gasteiger partial charge in [-0.25, -0.2) is 4.68 Å². The highest BCUT2D eigenvalue weighted by Gasteiger charge is 2.56. The van der Waals surface area contributed by atoms with Gasteiger partial charge in [0.2, 0.25) is 0 Å². The molecule has 27 heavy (non-hydrogen) atoms. The molecule has 1 aromatic carbocycles. The van der Waals surface area contributed by atoms with Gasteiger partial charge in [0.1, 0.15) is 0 Å². The molecule has 2 atom stereocenters. The zero-order valence-electron chi connectivity index (χ0n) is 16.0. The number of carboxylic acid groups (broad SMARTS) is 1. The fraction of sp³-hybridized carbons (Fsp3) is 0.476. The molecule has 6 nitrogen and oxygen atoms in total. The standard InChI is InChI=1S/C21H25N3O3/c1-13-7-14(2)9-17(8-13)24-15(3)10-18(22-24)19(25)23-11-16-5-4-6-21(16,12-23)20(26)27/h7-10,16H,4-6,11-12H2,1-3H3,(H,26,27)/t16-,21+/m0/s1. The molecule has 6 heteroatoms. The highest BCUT2D eigenvalue weighted by Crippen LogP contribution is 2.49. The van der Waals surface area contributed by atoms with Gasteiger partial charge in [0, 0.05) is 18.8 Å². The molecule has 1 aliphatic carbocycles. The van der Waals surface area contributed by atoms with Crippen molar-refractivity contribution in [3.05, 3.63) is 46.8 Å². The maximum Gasteiger partial charge on any atom is 0.311 e. The first-order chi connectivity index (χ1) is 12.8. The van der Waals surface area contributed by atoms with Crippen molar-refractivity contribution in [2.45, 2.75) is 40.0 Å². The molecule has 2 aromatic rings. The monoisotopic (exact) mass is 367 g/mol. The first kappa shape index (κ1) is 17.8. The number of hydrogen-bond donors (Lipinski definition) is 1. The largest absolute Gasteiger partial charge is 0.481 e. The number of rotatable bonds is 3. The van der Waals surface area contributed by atoms with Crippen LogP contribution in [0.5, 0.6) is 0 Å². The molecule has 2 fully saturated rings. The molecule has 2 aliphatic rings. The second kappa shape index (κ2) is 6.22. The van der Waals surface area contributed by atoms with E-state index in [1.54, 1.807) is 15.6 Å². The summed E-state index contributed by atoms with van der Waals surface area (Å²) in [4.78, 5) is 26.6. The van der Waals surface area contributed by atoms with Crippen LogP contribution in [-0.2, 0) is 4.79 Å². The summed E-state index contributed by atoms with van der Waals surface area (Å²) < 4.78 is 1.79. The molecule has 142 valence electrons. The number of aryl methyl sites for hydroxylation is 3. The minimum absolute atomic E-state index is 0.0570. The molecule has 1 saturated carbocycles. The highest BCUT2D eigenvalue weighted by molar-refractivity contribution is 5.93. The number of likely N-dealkylation sites (tertiary alicyclic amines) is 1. The number of carbonyl (C=O) groups excluding carboxylic acids is 1. The van der Waals surface area contributed by atoms with Crippen molar-refractivity contribution >= 4 is 11.9 Å².